The fraction of sp³-hybridized carbons (Fsp3) is 0.538. The number of hydrogen-bond donors (Lipinski definition) is 5. The molecule has 0 aromatic heterocycles. The molecule has 4 unspecified atom stereocenters. The number of phenols is 1. The van der Waals surface area contributed by atoms with E-state index < -0.39 is 64.3 Å². The van der Waals surface area contributed by atoms with Crippen LogP contribution in [0.5, 0.6) is 5.75 Å². The number of carbonyl (C=O) groups is 4. The van der Waals surface area contributed by atoms with Gasteiger partial charge in [0.25, 0.3) is 5.91 Å². The molecule has 3 fully saturated rings. The van der Waals surface area contributed by atoms with Crippen LogP contribution in [0.4, 0.5) is 5.69 Å². The zero-order chi connectivity index (χ0) is 27.7. The fourth-order valence-corrected chi connectivity index (χ4v) is 6.47. The van der Waals surface area contributed by atoms with Crippen molar-refractivity contribution in [3.05, 3.63) is 28.3 Å². The van der Waals surface area contributed by atoms with Gasteiger partial charge in [0.1, 0.15) is 17.4 Å². The van der Waals surface area contributed by atoms with Crippen LogP contribution >= 0.6 is 0 Å². The number of amides is 2. The van der Waals surface area contributed by atoms with Gasteiger partial charge >= 0.3 is 0 Å². The highest BCUT2D eigenvalue weighted by Gasteiger charge is 2.64. The largest absolute Gasteiger partial charge is 0.507 e. The van der Waals surface area contributed by atoms with Crippen molar-refractivity contribution in [2.24, 2.45) is 23.5 Å². The quantitative estimate of drug-likeness (QED) is 0.308. The van der Waals surface area contributed by atoms with E-state index in [1.54, 1.807) is 25.1 Å². The van der Waals surface area contributed by atoms with E-state index in [9.17, 15) is 39.6 Å². The molecule has 0 radical (unpaired) electrons. The van der Waals surface area contributed by atoms with Gasteiger partial charge in [-0.25, -0.2) is 0 Å². The molecule has 5 atom stereocenters. The average Bonchev–Trinajstić information content (AvgIpc) is 2.86. The summed E-state index contributed by atoms with van der Waals surface area (Å²) in [7, 11) is 3.49. The molecule has 6 N–H and O–H groups in total. The Balaban J connectivity index is 1.65. The molecule has 204 valence electrons. The number of nitrogens with zero attached hydrogens (tertiary/aromatic N) is 2. The summed E-state index contributed by atoms with van der Waals surface area (Å²) in [5.41, 5.74) is 3.27. The molecule has 38 heavy (non-hydrogen) atoms. The lowest BCUT2D eigenvalue weighted by atomic mass is 9.56. The molecule has 2 amide bonds. The van der Waals surface area contributed by atoms with Crippen LogP contribution in [-0.4, -0.2) is 101 Å². The number of aromatic hydroxyl groups is 1. The molecule has 4 aliphatic rings. The molecular weight excluding hydrogens is 498 g/mol. The van der Waals surface area contributed by atoms with Gasteiger partial charge in [0.05, 0.1) is 30.4 Å². The number of benzene rings is 1. The Hall–Kier alpha value is -3.48. The van der Waals surface area contributed by atoms with E-state index in [1.165, 1.54) is 4.90 Å². The first-order valence-electron chi connectivity index (χ1n) is 12.5. The summed E-state index contributed by atoms with van der Waals surface area (Å²) in [4.78, 5) is 55.3. The van der Waals surface area contributed by atoms with E-state index in [4.69, 9.17) is 10.5 Å². The van der Waals surface area contributed by atoms with Gasteiger partial charge in [0.2, 0.25) is 11.7 Å². The van der Waals surface area contributed by atoms with Gasteiger partial charge in [-0.15, -0.1) is 0 Å². The zero-order valence-corrected chi connectivity index (χ0v) is 21.1. The lowest BCUT2D eigenvalue weighted by Crippen LogP contribution is -2.66. The van der Waals surface area contributed by atoms with Crippen LogP contribution in [0.2, 0.25) is 0 Å². The molecule has 1 saturated heterocycles. The Morgan fingerprint density at radius 3 is 2.42 bits per heavy atom. The number of aliphatic hydroxyl groups excluding tert-OH is 2. The molecular formula is C26H31N3O9. The zero-order valence-electron chi connectivity index (χ0n) is 21.1. The van der Waals surface area contributed by atoms with Crippen LogP contribution in [-0.2, 0) is 25.5 Å². The maximum absolute atomic E-state index is 13.7. The third kappa shape index (κ3) is 3.62. The van der Waals surface area contributed by atoms with Crippen molar-refractivity contribution < 1.29 is 44.3 Å². The highest BCUT2D eigenvalue weighted by Crippen LogP contribution is 2.53. The van der Waals surface area contributed by atoms with Gasteiger partial charge in [-0.05, 0) is 36.8 Å². The Labute approximate surface area is 218 Å². The molecule has 0 bridgehead atoms. The molecule has 1 aliphatic heterocycles. The van der Waals surface area contributed by atoms with Gasteiger partial charge in [-0.1, -0.05) is 0 Å². The Bertz CT molecular complexity index is 1280. The second-order valence-electron chi connectivity index (χ2n) is 10.7. The standard InChI is InChI=1S/C26H31N3O9/c1-28(2)15-10-14(25(36)29-3-5-38-6-4-29)20(31)18-13(15)8-11-7-12-9-16(30)19(24(27)35)23(34)26(12,37)22(33)17(11)21(18)32/h10-12,16,19,30-32,37H,3-9H2,1-2H3,(H2,27,35)/t11?,12?,16?,19?,26-/m0/s1. The molecule has 1 heterocycles. The van der Waals surface area contributed by atoms with Gasteiger partial charge in [0.15, 0.2) is 11.4 Å². The van der Waals surface area contributed by atoms with Gasteiger partial charge in [-0.2, -0.15) is 0 Å². The number of morpholine rings is 1. The van der Waals surface area contributed by atoms with E-state index in [0.717, 1.165) is 0 Å². The van der Waals surface area contributed by atoms with E-state index >= 15 is 0 Å². The van der Waals surface area contributed by atoms with Crippen LogP contribution in [0.1, 0.15) is 34.3 Å². The number of anilines is 1. The van der Waals surface area contributed by atoms with E-state index in [0.29, 0.717) is 37.6 Å². The van der Waals surface area contributed by atoms with Gasteiger partial charge < -0.3 is 40.7 Å². The molecule has 12 heteroatoms. The monoisotopic (exact) mass is 529 g/mol. The normalized spacial score (nSPS) is 30.9. The van der Waals surface area contributed by atoms with E-state index in [-0.39, 0.29) is 36.0 Å². The second-order valence-corrected chi connectivity index (χ2v) is 10.7. The SMILES string of the molecule is CN(C)c1cc(C(=O)N2CCOCC2)c(O)c2c1CC1CC3CC(O)C(C(N)=O)C(=O)[C@@]3(O)C(=O)C1=C2O. The number of hydrogen-bond acceptors (Lipinski definition) is 10. The number of primary amides is 1. The van der Waals surface area contributed by atoms with Gasteiger partial charge in [-0.3, -0.25) is 19.2 Å². The second kappa shape index (κ2) is 9.07. The highest BCUT2D eigenvalue weighted by molar-refractivity contribution is 6.25. The fourth-order valence-electron chi connectivity index (χ4n) is 6.47. The minimum Gasteiger partial charge on any atom is -0.507 e. The van der Waals surface area contributed by atoms with Crippen LogP contribution in [0.25, 0.3) is 5.76 Å². The summed E-state index contributed by atoms with van der Waals surface area (Å²) in [6, 6.07) is 1.55. The maximum Gasteiger partial charge on any atom is 0.257 e. The number of ketones is 2. The average molecular weight is 530 g/mol. The lowest BCUT2D eigenvalue weighted by Gasteiger charge is -2.48. The summed E-state index contributed by atoms with van der Waals surface area (Å²) in [5, 5.41) is 44.5. The molecule has 2 saturated carbocycles. The summed E-state index contributed by atoms with van der Waals surface area (Å²) >= 11 is 0. The first-order chi connectivity index (χ1) is 17.9. The topological polar surface area (TPSA) is 191 Å². The minimum atomic E-state index is -2.66. The van der Waals surface area contributed by atoms with Crippen molar-refractivity contribution in [2.45, 2.75) is 31.0 Å². The number of fused-ring (bicyclic) bond motifs is 3. The highest BCUT2D eigenvalue weighted by atomic mass is 16.5. The first kappa shape index (κ1) is 26.1. The molecule has 0 spiro atoms. The van der Waals surface area contributed by atoms with Crippen molar-refractivity contribution in [3.8, 4) is 5.75 Å². The third-order valence-electron chi connectivity index (χ3n) is 8.37. The van der Waals surface area contributed by atoms with Crippen molar-refractivity contribution in [2.75, 3.05) is 45.3 Å². The van der Waals surface area contributed by atoms with Crippen molar-refractivity contribution in [3.63, 3.8) is 0 Å². The lowest BCUT2D eigenvalue weighted by molar-refractivity contribution is -0.174. The number of ether oxygens (including phenoxy) is 1. The molecule has 3 aliphatic carbocycles. The number of aliphatic hydroxyl groups is 3. The first-order valence-corrected chi connectivity index (χ1v) is 12.5. The molecule has 5 rings (SSSR count). The summed E-state index contributed by atoms with van der Waals surface area (Å²) in [6.07, 6.45) is -1.40. The third-order valence-corrected chi connectivity index (χ3v) is 8.37. The Kier molecular flexibility index (Phi) is 6.24. The minimum absolute atomic E-state index is 0.0644. The Morgan fingerprint density at radius 2 is 1.82 bits per heavy atom. The summed E-state index contributed by atoms with van der Waals surface area (Å²) in [5.74, 6) is -8.42. The molecule has 1 aromatic carbocycles. The van der Waals surface area contributed by atoms with Crippen molar-refractivity contribution in [1.82, 2.24) is 4.90 Å². The van der Waals surface area contributed by atoms with Crippen LogP contribution in [0.15, 0.2) is 11.6 Å². The number of rotatable bonds is 3. The summed E-state index contributed by atoms with van der Waals surface area (Å²) < 4.78 is 5.30. The Morgan fingerprint density at radius 1 is 1.16 bits per heavy atom. The smallest absolute Gasteiger partial charge is 0.257 e. The van der Waals surface area contributed by atoms with Crippen LogP contribution in [0.3, 0.4) is 0 Å². The van der Waals surface area contributed by atoms with Crippen LogP contribution < -0.4 is 10.6 Å². The molecule has 1 aromatic rings. The van der Waals surface area contributed by atoms with E-state index in [1.807, 2.05) is 0 Å². The number of Topliss-reactive ketones (excluding diaryl/α,β-unsaturated/α-hetero) is 2. The van der Waals surface area contributed by atoms with Gasteiger partial charge in [0, 0.05) is 44.4 Å². The number of phenolic OH excluding ortho intramolecular Hbond substituents is 1. The summed E-state index contributed by atoms with van der Waals surface area (Å²) in [6.45, 7) is 1.34. The number of carbonyl (C=O) groups excluding carboxylic acids is 4. The maximum atomic E-state index is 13.7. The van der Waals surface area contributed by atoms with E-state index in [2.05, 4.69) is 0 Å². The molecule has 12 nitrogen and oxygen atoms in total. The predicted octanol–water partition coefficient (Wildman–Crippen LogP) is -0.873. The predicted molar refractivity (Wildman–Crippen MR) is 132 cm³/mol. The van der Waals surface area contributed by atoms with Crippen molar-refractivity contribution >= 4 is 34.8 Å². The number of nitrogens with two attached hydrogens (primary N) is 1. The van der Waals surface area contributed by atoms with Crippen molar-refractivity contribution in [1.29, 1.82) is 0 Å². The van der Waals surface area contributed by atoms with Crippen LogP contribution in [0, 0.1) is 17.8 Å².